The van der Waals surface area contributed by atoms with Crippen molar-refractivity contribution < 1.29 is 9.53 Å². The number of carbonyl (C=O) groups excluding carboxylic acids is 1. The van der Waals surface area contributed by atoms with Gasteiger partial charge in [-0.2, -0.15) is 0 Å². The van der Waals surface area contributed by atoms with Crippen molar-refractivity contribution in [2.24, 2.45) is 11.7 Å². The van der Waals surface area contributed by atoms with Crippen LogP contribution < -0.4 is 10.5 Å². The van der Waals surface area contributed by atoms with Gasteiger partial charge in [0.1, 0.15) is 11.3 Å². The second-order valence-corrected chi connectivity index (χ2v) is 6.52. The van der Waals surface area contributed by atoms with Crippen LogP contribution in [0.4, 0.5) is 0 Å². The summed E-state index contributed by atoms with van der Waals surface area (Å²) in [5, 5.41) is 0.866. The molecule has 1 aliphatic heterocycles. The fourth-order valence-electron chi connectivity index (χ4n) is 2.68. The van der Waals surface area contributed by atoms with Crippen LogP contribution in [0.3, 0.4) is 0 Å². The Kier molecular flexibility index (Phi) is 5.23. The van der Waals surface area contributed by atoms with Gasteiger partial charge in [-0.25, -0.2) is 4.98 Å². The van der Waals surface area contributed by atoms with Gasteiger partial charge >= 0.3 is 0 Å². The van der Waals surface area contributed by atoms with E-state index in [1.807, 2.05) is 0 Å². The van der Waals surface area contributed by atoms with Gasteiger partial charge in [0.2, 0.25) is 5.88 Å². The minimum Gasteiger partial charge on any atom is -0.437 e. The monoisotopic (exact) mass is 365 g/mol. The first-order chi connectivity index (χ1) is 11.6. The number of aromatic nitrogens is 1. The van der Waals surface area contributed by atoms with Gasteiger partial charge in [0, 0.05) is 24.3 Å². The van der Waals surface area contributed by atoms with Crippen LogP contribution >= 0.6 is 23.2 Å². The number of ether oxygens (including phenoxy) is 1. The van der Waals surface area contributed by atoms with Gasteiger partial charge in [-0.15, -0.1) is 0 Å². The number of rotatable bonds is 4. The molecule has 0 bridgehead atoms. The van der Waals surface area contributed by atoms with Crippen molar-refractivity contribution in [2.45, 2.75) is 6.42 Å². The highest BCUT2D eigenvalue weighted by atomic mass is 35.5. The molecule has 1 atom stereocenters. The lowest BCUT2D eigenvalue weighted by Gasteiger charge is -2.18. The van der Waals surface area contributed by atoms with E-state index in [1.165, 1.54) is 0 Å². The van der Waals surface area contributed by atoms with E-state index in [0.29, 0.717) is 46.9 Å². The summed E-state index contributed by atoms with van der Waals surface area (Å²) in [6.45, 7) is 1.93. The number of hydrogen-bond acceptors (Lipinski definition) is 4. The van der Waals surface area contributed by atoms with Crippen LogP contribution in [-0.2, 0) is 0 Å². The Hall–Kier alpha value is -1.82. The largest absolute Gasteiger partial charge is 0.437 e. The summed E-state index contributed by atoms with van der Waals surface area (Å²) in [7, 11) is 0. The highest BCUT2D eigenvalue weighted by molar-refractivity contribution is 6.35. The molecule has 1 aromatic carbocycles. The van der Waals surface area contributed by atoms with E-state index in [9.17, 15) is 4.79 Å². The molecular formula is C17H17Cl2N3O2. The molecule has 0 spiro atoms. The molecule has 24 heavy (non-hydrogen) atoms. The smallest absolute Gasteiger partial charge is 0.259 e. The summed E-state index contributed by atoms with van der Waals surface area (Å²) < 4.78 is 5.76. The molecule has 0 aliphatic carbocycles. The predicted molar refractivity (Wildman–Crippen MR) is 93.8 cm³/mol. The number of nitrogens with two attached hydrogens (primary N) is 1. The first-order valence-corrected chi connectivity index (χ1v) is 8.41. The number of carbonyl (C=O) groups is 1. The van der Waals surface area contributed by atoms with Crippen LogP contribution in [0.5, 0.6) is 11.6 Å². The number of benzene rings is 1. The van der Waals surface area contributed by atoms with Crippen molar-refractivity contribution in [2.75, 3.05) is 19.6 Å². The van der Waals surface area contributed by atoms with Crippen molar-refractivity contribution in [3.05, 3.63) is 52.1 Å². The Morgan fingerprint density at radius 3 is 2.92 bits per heavy atom. The second kappa shape index (κ2) is 7.38. The molecule has 3 rings (SSSR count). The third kappa shape index (κ3) is 3.64. The van der Waals surface area contributed by atoms with Gasteiger partial charge in [0.25, 0.3) is 5.91 Å². The predicted octanol–water partition coefficient (Wildman–Crippen LogP) is 3.60. The number of likely N-dealkylation sites (tertiary alicyclic amines) is 1. The van der Waals surface area contributed by atoms with Crippen molar-refractivity contribution in [1.82, 2.24) is 9.88 Å². The first-order valence-electron chi connectivity index (χ1n) is 7.65. The zero-order valence-corrected chi connectivity index (χ0v) is 14.4. The molecule has 2 aromatic rings. The lowest BCUT2D eigenvalue weighted by molar-refractivity contribution is 0.0784. The zero-order valence-electron chi connectivity index (χ0n) is 12.9. The molecule has 0 radical (unpaired) electrons. The minimum absolute atomic E-state index is 0.112. The molecule has 1 unspecified atom stereocenters. The van der Waals surface area contributed by atoms with E-state index in [0.717, 1.165) is 6.42 Å². The maximum Gasteiger partial charge on any atom is 0.259 e. The molecule has 1 amide bonds. The summed E-state index contributed by atoms with van der Waals surface area (Å²) in [4.78, 5) is 18.7. The molecular weight excluding hydrogens is 349 g/mol. The number of amides is 1. The minimum atomic E-state index is -0.112. The standard InChI is InChI=1S/C17H17Cl2N3O2/c18-12-3-4-15(14(19)8-12)24-16-13(2-1-6-21-16)17(23)22-7-5-11(9-20)10-22/h1-4,6,8,11H,5,7,9-10,20H2. The van der Waals surface area contributed by atoms with E-state index in [1.54, 1.807) is 41.4 Å². The Bertz CT molecular complexity index is 754. The summed E-state index contributed by atoms with van der Waals surface area (Å²) in [6, 6.07) is 8.30. The van der Waals surface area contributed by atoms with E-state index >= 15 is 0 Å². The summed E-state index contributed by atoms with van der Waals surface area (Å²) >= 11 is 12.0. The quantitative estimate of drug-likeness (QED) is 0.898. The van der Waals surface area contributed by atoms with Gasteiger partial charge in [-0.05, 0) is 49.2 Å². The third-order valence-corrected chi connectivity index (χ3v) is 4.54. The average molecular weight is 366 g/mol. The normalized spacial score (nSPS) is 17.1. The van der Waals surface area contributed by atoms with Gasteiger partial charge < -0.3 is 15.4 Å². The van der Waals surface area contributed by atoms with Gasteiger partial charge in [0.15, 0.2) is 0 Å². The molecule has 1 aromatic heterocycles. The average Bonchev–Trinajstić information content (AvgIpc) is 3.06. The number of pyridine rings is 1. The first kappa shape index (κ1) is 17.0. The Morgan fingerprint density at radius 1 is 1.38 bits per heavy atom. The molecule has 1 fully saturated rings. The van der Waals surface area contributed by atoms with Crippen LogP contribution in [-0.4, -0.2) is 35.4 Å². The molecule has 1 saturated heterocycles. The molecule has 0 saturated carbocycles. The highest BCUT2D eigenvalue weighted by Crippen LogP contribution is 2.32. The van der Waals surface area contributed by atoms with Crippen molar-refractivity contribution in [1.29, 1.82) is 0 Å². The number of hydrogen-bond donors (Lipinski definition) is 1. The Balaban J connectivity index is 1.84. The van der Waals surface area contributed by atoms with Crippen molar-refractivity contribution in [3.63, 3.8) is 0 Å². The van der Waals surface area contributed by atoms with Crippen LogP contribution in [0.25, 0.3) is 0 Å². The fraction of sp³-hybridized carbons (Fsp3) is 0.294. The number of nitrogens with zero attached hydrogens (tertiary/aromatic N) is 2. The summed E-state index contributed by atoms with van der Waals surface area (Å²) in [5.74, 6) is 0.859. The SMILES string of the molecule is NCC1CCN(C(=O)c2cccnc2Oc2ccc(Cl)cc2Cl)C1. The van der Waals surface area contributed by atoms with Gasteiger partial charge in [-0.3, -0.25) is 4.79 Å². The summed E-state index contributed by atoms with van der Waals surface area (Å²) in [6.07, 6.45) is 2.49. The van der Waals surface area contributed by atoms with Crippen molar-refractivity contribution in [3.8, 4) is 11.6 Å². The van der Waals surface area contributed by atoms with Crippen LogP contribution in [0, 0.1) is 5.92 Å². The fourth-order valence-corrected chi connectivity index (χ4v) is 3.12. The van der Waals surface area contributed by atoms with Crippen molar-refractivity contribution >= 4 is 29.1 Å². The zero-order chi connectivity index (χ0) is 17.1. The van der Waals surface area contributed by atoms with E-state index in [-0.39, 0.29) is 11.8 Å². The number of halogens is 2. The van der Waals surface area contributed by atoms with E-state index < -0.39 is 0 Å². The highest BCUT2D eigenvalue weighted by Gasteiger charge is 2.28. The van der Waals surface area contributed by atoms with E-state index in [2.05, 4.69) is 4.98 Å². The maximum atomic E-state index is 12.8. The molecule has 7 heteroatoms. The topological polar surface area (TPSA) is 68.5 Å². The molecule has 126 valence electrons. The molecule has 1 aliphatic rings. The lowest BCUT2D eigenvalue weighted by atomic mass is 10.1. The third-order valence-electron chi connectivity index (χ3n) is 4.01. The Morgan fingerprint density at radius 2 is 2.21 bits per heavy atom. The van der Waals surface area contributed by atoms with Crippen LogP contribution in [0.1, 0.15) is 16.8 Å². The second-order valence-electron chi connectivity index (χ2n) is 5.67. The molecule has 2 heterocycles. The van der Waals surface area contributed by atoms with Gasteiger partial charge in [0.05, 0.1) is 5.02 Å². The maximum absolute atomic E-state index is 12.8. The summed E-state index contributed by atoms with van der Waals surface area (Å²) in [5.41, 5.74) is 6.10. The molecule has 2 N–H and O–H groups in total. The van der Waals surface area contributed by atoms with Crippen LogP contribution in [0.2, 0.25) is 10.0 Å². The van der Waals surface area contributed by atoms with Crippen LogP contribution in [0.15, 0.2) is 36.5 Å². The Labute approximate surface area is 150 Å². The van der Waals surface area contributed by atoms with E-state index in [4.69, 9.17) is 33.7 Å². The van der Waals surface area contributed by atoms with Gasteiger partial charge in [-0.1, -0.05) is 23.2 Å². The lowest BCUT2D eigenvalue weighted by Crippen LogP contribution is -2.30. The molecule has 5 nitrogen and oxygen atoms in total.